The first-order chi connectivity index (χ1) is 8.06. The van der Waals surface area contributed by atoms with Crippen LogP contribution >= 0.6 is 27.3 Å². The maximum absolute atomic E-state index is 13.5. The zero-order chi connectivity index (χ0) is 12.4. The first-order valence-electron chi connectivity index (χ1n) is 4.86. The van der Waals surface area contributed by atoms with Gasteiger partial charge >= 0.3 is 0 Å². The molecule has 2 nitrogen and oxygen atoms in total. The summed E-state index contributed by atoms with van der Waals surface area (Å²) in [4.78, 5) is 5.01. The Morgan fingerprint density at radius 2 is 2.00 bits per heavy atom. The summed E-state index contributed by atoms with van der Waals surface area (Å²) in [6.45, 7) is 2.25. The van der Waals surface area contributed by atoms with Gasteiger partial charge in [-0.3, -0.25) is 0 Å². The average Bonchev–Trinajstić information content (AvgIpc) is 2.62. The summed E-state index contributed by atoms with van der Waals surface area (Å²) in [6, 6.07) is 2.45. The summed E-state index contributed by atoms with van der Waals surface area (Å²) in [5.41, 5.74) is -0.112. The van der Waals surface area contributed by atoms with E-state index in [2.05, 4.69) is 26.2 Å². The molecule has 1 aromatic carbocycles. The number of thiazole rings is 1. The summed E-state index contributed by atoms with van der Waals surface area (Å²) in [6.07, 6.45) is 1.70. The van der Waals surface area contributed by atoms with Crippen molar-refractivity contribution in [2.75, 3.05) is 5.32 Å². The molecule has 0 radical (unpaired) electrons. The Balaban J connectivity index is 2.14. The lowest BCUT2D eigenvalue weighted by atomic mass is 10.3. The van der Waals surface area contributed by atoms with Crippen molar-refractivity contribution in [3.8, 4) is 0 Å². The van der Waals surface area contributed by atoms with E-state index in [0.29, 0.717) is 11.0 Å². The van der Waals surface area contributed by atoms with E-state index in [1.165, 1.54) is 23.5 Å². The SMILES string of the molecule is Cc1ncc(CNc2c(F)cc(Br)cc2F)s1. The number of benzene rings is 1. The van der Waals surface area contributed by atoms with Gasteiger partial charge in [-0.25, -0.2) is 13.8 Å². The monoisotopic (exact) mass is 318 g/mol. The standard InChI is InChI=1S/C11H9BrF2N2S/c1-6-15-4-8(17-6)5-16-11-9(13)2-7(12)3-10(11)14/h2-4,16H,5H2,1H3. The van der Waals surface area contributed by atoms with Crippen LogP contribution in [0.25, 0.3) is 0 Å². The number of aryl methyl sites for hydroxylation is 1. The number of nitrogens with one attached hydrogen (secondary N) is 1. The Bertz CT molecular complexity index is 519. The molecule has 0 bridgehead atoms. The third-order valence-corrected chi connectivity index (χ3v) is 3.49. The van der Waals surface area contributed by atoms with Crippen LogP contribution in [0.4, 0.5) is 14.5 Å². The van der Waals surface area contributed by atoms with Crippen LogP contribution in [0.2, 0.25) is 0 Å². The van der Waals surface area contributed by atoms with E-state index in [1.807, 2.05) is 6.92 Å². The van der Waals surface area contributed by atoms with Crippen molar-refractivity contribution in [2.45, 2.75) is 13.5 Å². The molecule has 1 aromatic heterocycles. The van der Waals surface area contributed by atoms with Crippen LogP contribution in [-0.4, -0.2) is 4.98 Å². The van der Waals surface area contributed by atoms with Gasteiger partial charge in [-0.05, 0) is 19.1 Å². The highest BCUT2D eigenvalue weighted by atomic mass is 79.9. The summed E-state index contributed by atoms with van der Waals surface area (Å²) in [5, 5.41) is 3.67. The minimum atomic E-state index is -0.613. The van der Waals surface area contributed by atoms with Gasteiger partial charge in [0.15, 0.2) is 0 Å². The summed E-state index contributed by atoms with van der Waals surface area (Å²) >= 11 is 4.52. The number of hydrogen-bond acceptors (Lipinski definition) is 3. The fraction of sp³-hybridized carbons (Fsp3) is 0.182. The molecule has 0 aliphatic rings. The molecule has 2 aromatic rings. The van der Waals surface area contributed by atoms with Crippen molar-refractivity contribution in [1.29, 1.82) is 0 Å². The van der Waals surface area contributed by atoms with Gasteiger partial charge in [-0.15, -0.1) is 11.3 Å². The van der Waals surface area contributed by atoms with Crippen LogP contribution in [-0.2, 0) is 6.54 Å². The second-order valence-electron chi connectivity index (χ2n) is 3.44. The summed E-state index contributed by atoms with van der Waals surface area (Å²) in [5.74, 6) is -1.23. The van der Waals surface area contributed by atoms with Crippen molar-refractivity contribution < 1.29 is 8.78 Å². The normalized spacial score (nSPS) is 10.6. The number of rotatable bonds is 3. The minimum absolute atomic E-state index is 0.112. The van der Waals surface area contributed by atoms with Crippen LogP contribution in [0.15, 0.2) is 22.8 Å². The Morgan fingerprint density at radius 3 is 2.53 bits per heavy atom. The number of halogens is 3. The van der Waals surface area contributed by atoms with Gasteiger partial charge in [-0.2, -0.15) is 0 Å². The van der Waals surface area contributed by atoms with Gasteiger partial charge in [0.1, 0.15) is 17.3 Å². The van der Waals surface area contributed by atoms with Crippen LogP contribution < -0.4 is 5.32 Å². The van der Waals surface area contributed by atoms with Gasteiger partial charge in [0, 0.05) is 15.5 Å². The van der Waals surface area contributed by atoms with Crippen LogP contribution in [0.3, 0.4) is 0 Å². The highest BCUT2D eigenvalue weighted by molar-refractivity contribution is 9.10. The van der Waals surface area contributed by atoms with E-state index < -0.39 is 11.6 Å². The van der Waals surface area contributed by atoms with Gasteiger partial charge in [-0.1, -0.05) is 15.9 Å². The number of aromatic nitrogens is 1. The molecule has 0 amide bonds. The molecule has 90 valence electrons. The Morgan fingerprint density at radius 1 is 1.35 bits per heavy atom. The van der Waals surface area contributed by atoms with Crippen LogP contribution in [0.5, 0.6) is 0 Å². The Hall–Kier alpha value is -1.01. The first-order valence-corrected chi connectivity index (χ1v) is 6.47. The first kappa shape index (κ1) is 12.4. The van der Waals surface area contributed by atoms with E-state index in [4.69, 9.17) is 0 Å². The second-order valence-corrected chi connectivity index (χ2v) is 5.68. The zero-order valence-electron chi connectivity index (χ0n) is 8.93. The predicted octanol–water partition coefficient (Wildman–Crippen LogP) is 4.10. The van der Waals surface area contributed by atoms with Gasteiger partial charge in [0.05, 0.1) is 11.6 Å². The predicted molar refractivity (Wildman–Crippen MR) is 68.2 cm³/mol. The number of hydrogen-bond donors (Lipinski definition) is 1. The van der Waals surface area contributed by atoms with Crippen molar-refractivity contribution in [3.05, 3.63) is 44.3 Å². The molecule has 0 aliphatic carbocycles. The van der Waals surface area contributed by atoms with E-state index in [1.54, 1.807) is 6.20 Å². The maximum Gasteiger partial charge on any atom is 0.150 e. The van der Waals surface area contributed by atoms with Gasteiger partial charge in [0.25, 0.3) is 0 Å². The quantitative estimate of drug-likeness (QED) is 0.921. The Labute approximate surface area is 110 Å². The minimum Gasteiger partial charge on any atom is -0.375 e. The lowest BCUT2D eigenvalue weighted by molar-refractivity contribution is 0.586. The molecule has 0 atom stereocenters. The molecule has 6 heteroatoms. The smallest absolute Gasteiger partial charge is 0.150 e. The lowest BCUT2D eigenvalue weighted by Gasteiger charge is -2.07. The zero-order valence-corrected chi connectivity index (χ0v) is 11.3. The molecule has 2 rings (SSSR count). The lowest BCUT2D eigenvalue weighted by Crippen LogP contribution is -2.02. The van der Waals surface area contributed by atoms with E-state index >= 15 is 0 Å². The number of nitrogens with zero attached hydrogens (tertiary/aromatic N) is 1. The fourth-order valence-corrected chi connectivity index (χ4v) is 2.51. The largest absolute Gasteiger partial charge is 0.375 e. The molecule has 0 saturated carbocycles. The molecule has 0 spiro atoms. The molecule has 17 heavy (non-hydrogen) atoms. The average molecular weight is 319 g/mol. The van der Waals surface area contributed by atoms with Crippen molar-refractivity contribution in [1.82, 2.24) is 4.98 Å². The second kappa shape index (κ2) is 5.10. The van der Waals surface area contributed by atoms with Gasteiger partial charge in [0.2, 0.25) is 0 Å². The molecule has 0 unspecified atom stereocenters. The van der Waals surface area contributed by atoms with Gasteiger partial charge < -0.3 is 5.32 Å². The molecular weight excluding hydrogens is 310 g/mol. The Kier molecular flexibility index (Phi) is 3.73. The third kappa shape index (κ3) is 3.01. The highest BCUT2D eigenvalue weighted by Crippen LogP contribution is 2.24. The summed E-state index contributed by atoms with van der Waals surface area (Å²) < 4.78 is 27.3. The van der Waals surface area contributed by atoms with E-state index in [0.717, 1.165) is 9.88 Å². The number of anilines is 1. The topological polar surface area (TPSA) is 24.9 Å². The third-order valence-electron chi connectivity index (χ3n) is 2.12. The van der Waals surface area contributed by atoms with Crippen LogP contribution in [0.1, 0.15) is 9.88 Å². The van der Waals surface area contributed by atoms with Crippen LogP contribution in [0, 0.1) is 18.6 Å². The highest BCUT2D eigenvalue weighted by Gasteiger charge is 2.10. The fourth-order valence-electron chi connectivity index (χ4n) is 1.37. The molecule has 0 fully saturated rings. The van der Waals surface area contributed by atoms with Crippen molar-refractivity contribution in [2.24, 2.45) is 0 Å². The molecule has 0 aliphatic heterocycles. The van der Waals surface area contributed by atoms with Crippen molar-refractivity contribution in [3.63, 3.8) is 0 Å². The molecular formula is C11H9BrF2N2S. The van der Waals surface area contributed by atoms with E-state index in [-0.39, 0.29) is 5.69 Å². The molecule has 0 saturated heterocycles. The summed E-state index contributed by atoms with van der Waals surface area (Å²) in [7, 11) is 0. The molecule has 1 N–H and O–H groups in total. The van der Waals surface area contributed by atoms with E-state index in [9.17, 15) is 8.78 Å². The molecule has 1 heterocycles. The van der Waals surface area contributed by atoms with Crippen molar-refractivity contribution >= 4 is 33.0 Å². The maximum atomic E-state index is 13.5.